The normalized spacial score (nSPS) is 10.2. The molecular weight excluding hydrogens is 246 g/mol. The molecule has 0 atom stereocenters. The topological polar surface area (TPSA) is 18.5 Å². The lowest BCUT2D eigenvalue weighted by Crippen LogP contribution is -2.01. The van der Waals surface area contributed by atoms with Gasteiger partial charge in [0, 0.05) is 13.2 Å². The highest BCUT2D eigenvalue weighted by molar-refractivity contribution is 9.10. The molecule has 5 heteroatoms. The average molecular weight is 253 g/mol. The fourth-order valence-corrected chi connectivity index (χ4v) is 1.05. The van der Waals surface area contributed by atoms with E-state index in [2.05, 4.69) is 20.7 Å². The van der Waals surface area contributed by atoms with Crippen LogP contribution < -0.4 is 4.74 Å². The van der Waals surface area contributed by atoms with E-state index in [1.54, 1.807) is 0 Å². The van der Waals surface area contributed by atoms with Crippen LogP contribution in [0.4, 0.5) is 8.78 Å². The fraction of sp³-hybridized carbons (Fsp3) is 0.250. The number of rotatable bonds is 3. The Morgan fingerprint density at radius 1 is 1.31 bits per heavy atom. The van der Waals surface area contributed by atoms with E-state index in [4.69, 9.17) is 4.74 Å². The molecule has 0 aromatic heterocycles. The van der Waals surface area contributed by atoms with E-state index in [-0.39, 0.29) is 17.0 Å². The SMILES string of the molecule is COCOc1cc(F)c(Br)cc1F. The molecule has 0 aliphatic carbocycles. The highest BCUT2D eigenvalue weighted by atomic mass is 79.9. The summed E-state index contributed by atoms with van der Waals surface area (Å²) in [4.78, 5) is 0. The first-order valence-corrected chi connectivity index (χ1v) is 4.20. The predicted molar refractivity (Wildman–Crippen MR) is 46.6 cm³/mol. The van der Waals surface area contributed by atoms with Gasteiger partial charge in [-0.25, -0.2) is 8.78 Å². The molecule has 0 saturated heterocycles. The Kier molecular flexibility index (Phi) is 3.62. The molecule has 2 nitrogen and oxygen atoms in total. The van der Waals surface area contributed by atoms with Crippen molar-refractivity contribution in [3.05, 3.63) is 28.2 Å². The Balaban J connectivity index is 2.88. The summed E-state index contributed by atoms with van der Waals surface area (Å²) < 4.78 is 35.2. The van der Waals surface area contributed by atoms with Crippen LogP contribution in [0.15, 0.2) is 16.6 Å². The van der Waals surface area contributed by atoms with Crippen molar-refractivity contribution >= 4 is 15.9 Å². The van der Waals surface area contributed by atoms with E-state index in [0.717, 1.165) is 12.1 Å². The minimum atomic E-state index is -0.634. The lowest BCUT2D eigenvalue weighted by Gasteiger charge is -2.06. The summed E-state index contributed by atoms with van der Waals surface area (Å²) in [5.74, 6) is -1.37. The van der Waals surface area contributed by atoms with Crippen LogP contribution in [0.3, 0.4) is 0 Å². The van der Waals surface area contributed by atoms with E-state index in [1.165, 1.54) is 7.11 Å². The molecule has 0 radical (unpaired) electrons. The first-order valence-electron chi connectivity index (χ1n) is 3.41. The number of benzene rings is 1. The van der Waals surface area contributed by atoms with Crippen molar-refractivity contribution in [1.82, 2.24) is 0 Å². The summed E-state index contributed by atoms with van der Waals surface area (Å²) in [5.41, 5.74) is 0. The molecule has 0 amide bonds. The van der Waals surface area contributed by atoms with Crippen molar-refractivity contribution in [2.45, 2.75) is 0 Å². The van der Waals surface area contributed by atoms with Gasteiger partial charge in [0.25, 0.3) is 0 Å². The number of hydrogen-bond acceptors (Lipinski definition) is 2. The van der Waals surface area contributed by atoms with Crippen molar-refractivity contribution in [3.8, 4) is 5.75 Å². The standard InChI is InChI=1S/C8H7BrF2O2/c1-12-4-13-8-3-6(10)5(9)2-7(8)11/h2-3H,4H2,1H3. The van der Waals surface area contributed by atoms with E-state index >= 15 is 0 Å². The third kappa shape index (κ3) is 2.63. The predicted octanol–water partition coefficient (Wildman–Crippen LogP) is 2.71. The van der Waals surface area contributed by atoms with E-state index < -0.39 is 11.6 Å². The Morgan fingerprint density at radius 3 is 2.62 bits per heavy atom. The van der Waals surface area contributed by atoms with Gasteiger partial charge in [-0.3, -0.25) is 0 Å². The molecule has 0 aliphatic heterocycles. The molecule has 0 fully saturated rings. The summed E-state index contributed by atoms with van der Waals surface area (Å²) in [6.45, 7) is -0.113. The average Bonchev–Trinajstić information content (AvgIpc) is 2.09. The molecular formula is C8H7BrF2O2. The summed E-state index contributed by atoms with van der Waals surface area (Å²) in [7, 11) is 1.40. The van der Waals surface area contributed by atoms with E-state index in [1.807, 2.05) is 0 Å². The maximum atomic E-state index is 13.0. The Labute approximate surface area is 82.6 Å². The zero-order valence-corrected chi connectivity index (χ0v) is 8.40. The fourth-order valence-electron chi connectivity index (χ4n) is 0.737. The van der Waals surface area contributed by atoms with Crippen LogP contribution in [-0.2, 0) is 4.74 Å². The zero-order chi connectivity index (χ0) is 9.84. The summed E-state index contributed by atoms with van der Waals surface area (Å²) in [5, 5.41) is 0. The molecule has 0 N–H and O–H groups in total. The molecule has 0 heterocycles. The van der Waals surface area contributed by atoms with E-state index in [0.29, 0.717) is 0 Å². The van der Waals surface area contributed by atoms with Crippen molar-refractivity contribution in [3.63, 3.8) is 0 Å². The second kappa shape index (κ2) is 4.53. The number of methoxy groups -OCH3 is 1. The quantitative estimate of drug-likeness (QED) is 0.609. The van der Waals surface area contributed by atoms with Crippen LogP contribution in [0.2, 0.25) is 0 Å². The van der Waals surface area contributed by atoms with Crippen LogP contribution in [0.1, 0.15) is 0 Å². The second-order valence-electron chi connectivity index (χ2n) is 2.25. The van der Waals surface area contributed by atoms with Crippen molar-refractivity contribution in [2.24, 2.45) is 0 Å². The van der Waals surface area contributed by atoms with Gasteiger partial charge in [-0.15, -0.1) is 0 Å². The van der Waals surface area contributed by atoms with Crippen molar-refractivity contribution in [2.75, 3.05) is 13.9 Å². The van der Waals surface area contributed by atoms with Crippen LogP contribution in [0.5, 0.6) is 5.75 Å². The maximum Gasteiger partial charge on any atom is 0.188 e. The molecule has 13 heavy (non-hydrogen) atoms. The van der Waals surface area contributed by atoms with Crippen molar-refractivity contribution in [1.29, 1.82) is 0 Å². The minimum Gasteiger partial charge on any atom is -0.464 e. The van der Waals surface area contributed by atoms with Gasteiger partial charge in [0.05, 0.1) is 4.47 Å². The van der Waals surface area contributed by atoms with Gasteiger partial charge in [-0.05, 0) is 22.0 Å². The van der Waals surface area contributed by atoms with Gasteiger partial charge in [-0.1, -0.05) is 0 Å². The summed E-state index contributed by atoms with van der Waals surface area (Å²) >= 11 is 2.85. The number of halogens is 3. The molecule has 0 bridgehead atoms. The molecule has 72 valence electrons. The minimum absolute atomic E-state index is 0.0646. The highest BCUT2D eigenvalue weighted by Gasteiger charge is 2.08. The lowest BCUT2D eigenvalue weighted by atomic mass is 10.3. The highest BCUT2D eigenvalue weighted by Crippen LogP contribution is 2.24. The molecule has 1 aromatic rings. The van der Waals surface area contributed by atoms with Crippen molar-refractivity contribution < 1.29 is 18.3 Å². The van der Waals surface area contributed by atoms with Crippen LogP contribution in [0, 0.1) is 11.6 Å². The molecule has 0 aliphatic rings. The molecule has 0 unspecified atom stereocenters. The first kappa shape index (κ1) is 10.4. The largest absolute Gasteiger partial charge is 0.464 e. The van der Waals surface area contributed by atoms with Gasteiger partial charge in [0.1, 0.15) is 5.82 Å². The maximum absolute atomic E-state index is 13.0. The molecule has 1 rings (SSSR count). The third-order valence-electron chi connectivity index (χ3n) is 1.31. The van der Waals surface area contributed by atoms with Crippen LogP contribution >= 0.6 is 15.9 Å². The van der Waals surface area contributed by atoms with Crippen LogP contribution in [-0.4, -0.2) is 13.9 Å². The smallest absolute Gasteiger partial charge is 0.188 e. The third-order valence-corrected chi connectivity index (χ3v) is 1.91. The first-order chi connectivity index (χ1) is 6.15. The van der Waals surface area contributed by atoms with Crippen LogP contribution in [0.25, 0.3) is 0 Å². The summed E-state index contributed by atoms with van der Waals surface area (Å²) in [6, 6.07) is 1.96. The lowest BCUT2D eigenvalue weighted by molar-refractivity contribution is 0.0480. The zero-order valence-electron chi connectivity index (χ0n) is 6.81. The molecule has 0 saturated carbocycles. The summed E-state index contributed by atoms with van der Waals surface area (Å²) in [6.07, 6.45) is 0. The van der Waals surface area contributed by atoms with E-state index in [9.17, 15) is 8.78 Å². The molecule has 1 aromatic carbocycles. The molecule has 0 spiro atoms. The Morgan fingerprint density at radius 2 is 2.00 bits per heavy atom. The number of hydrogen-bond donors (Lipinski definition) is 0. The van der Waals surface area contributed by atoms with Gasteiger partial charge in [-0.2, -0.15) is 0 Å². The Bertz CT molecular complexity index is 304. The van der Waals surface area contributed by atoms with Gasteiger partial charge >= 0.3 is 0 Å². The van der Waals surface area contributed by atoms with Gasteiger partial charge < -0.3 is 9.47 Å². The second-order valence-corrected chi connectivity index (χ2v) is 3.10. The van der Waals surface area contributed by atoms with Gasteiger partial charge in [0.2, 0.25) is 0 Å². The monoisotopic (exact) mass is 252 g/mol. The Hall–Kier alpha value is -0.680. The van der Waals surface area contributed by atoms with Gasteiger partial charge in [0.15, 0.2) is 18.4 Å². The number of ether oxygens (including phenoxy) is 2.